The number of carbonyl (C=O) groups is 5. The number of amides is 5. The van der Waals surface area contributed by atoms with Crippen LogP contribution in [-0.4, -0.2) is 134 Å². The summed E-state index contributed by atoms with van der Waals surface area (Å²) in [6.07, 6.45) is 9.73. The third-order valence-corrected chi connectivity index (χ3v) is 16.6. The molecule has 5 fully saturated rings. The van der Waals surface area contributed by atoms with Crippen molar-refractivity contribution >= 4 is 51.1 Å². The fraction of sp³-hybridized carbons (Fsp3) is 0.652. The van der Waals surface area contributed by atoms with Gasteiger partial charge in [-0.15, -0.1) is 11.3 Å². The summed E-state index contributed by atoms with van der Waals surface area (Å²) >= 11 is 1.23. The Kier molecular flexibility index (Phi) is 13.5. The van der Waals surface area contributed by atoms with Crippen molar-refractivity contribution in [3.05, 3.63) is 46.8 Å². The van der Waals surface area contributed by atoms with E-state index in [2.05, 4.69) is 46.0 Å². The molecule has 0 spiro atoms. The second-order valence-electron chi connectivity index (χ2n) is 19.7. The molecule has 5 heterocycles. The molecule has 8 rings (SSSR count). The molecule has 1 aromatic heterocycles. The molecule has 6 aliphatic rings. The Balaban J connectivity index is 1.02. The average molecular weight is 922 g/mol. The van der Waals surface area contributed by atoms with Crippen LogP contribution in [0.25, 0.3) is 11.3 Å². The molecule has 3 N–H and O–H groups in total. The van der Waals surface area contributed by atoms with Crippen molar-refractivity contribution in [2.24, 2.45) is 29.1 Å². The summed E-state index contributed by atoms with van der Waals surface area (Å²) in [7, 11) is -2.33. The Bertz CT molecular complexity index is 2220. The van der Waals surface area contributed by atoms with Crippen molar-refractivity contribution in [3.8, 4) is 17.0 Å². The van der Waals surface area contributed by atoms with E-state index in [1.54, 1.807) is 12.0 Å². The Hall–Kier alpha value is -4.55. The van der Waals surface area contributed by atoms with Crippen LogP contribution in [0.4, 0.5) is 4.79 Å². The number of piperidine rings is 1. The number of likely N-dealkylation sites (tertiary alicyclic amines) is 2. The van der Waals surface area contributed by atoms with Gasteiger partial charge in [-0.2, -0.15) is 0 Å². The first kappa shape index (κ1) is 46.0. The fourth-order valence-electron chi connectivity index (χ4n) is 9.95. The van der Waals surface area contributed by atoms with E-state index >= 15 is 0 Å². The first-order valence-corrected chi connectivity index (χ1v) is 25.4. The van der Waals surface area contributed by atoms with E-state index in [1.165, 1.54) is 16.2 Å². The number of fused-ring (bicyclic) bond motifs is 4. The molecule has 0 radical (unpaired) electrons. The molecule has 0 bridgehead atoms. The molecule has 0 unspecified atom stereocenters. The highest BCUT2D eigenvalue weighted by atomic mass is 32.2. The molecule has 1 aromatic carbocycles. The van der Waals surface area contributed by atoms with E-state index in [0.717, 1.165) is 50.9 Å². The number of alkyl carbamates (subject to hydrolysis) is 1. The molecule has 18 heteroatoms. The lowest BCUT2D eigenvalue weighted by atomic mass is 9.91. The first-order chi connectivity index (χ1) is 30.6. The summed E-state index contributed by atoms with van der Waals surface area (Å²) < 4.78 is 39.4. The number of hydrogen-bond donors (Lipinski definition) is 3. The van der Waals surface area contributed by atoms with Crippen LogP contribution >= 0.6 is 11.3 Å². The number of nitrogens with one attached hydrogen (secondary N) is 3. The zero-order chi connectivity index (χ0) is 45.4. The smallest absolute Gasteiger partial charge is 0.407 e. The number of thiazole rings is 1. The number of ether oxygens (including phenoxy) is 2. The fourth-order valence-corrected chi connectivity index (χ4v) is 12.1. The van der Waals surface area contributed by atoms with Crippen LogP contribution in [0.1, 0.15) is 94.8 Å². The average Bonchev–Trinajstić information content (AvgIpc) is 4.09. The lowest BCUT2D eigenvalue weighted by Gasteiger charge is -2.36. The maximum atomic E-state index is 14.9. The molecule has 348 valence electrons. The minimum absolute atomic E-state index is 0.133. The summed E-state index contributed by atoms with van der Waals surface area (Å²) in [6, 6.07) is 5.28. The van der Waals surface area contributed by atoms with Gasteiger partial charge in [0.2, 0.25) is 21.8 Å². The minimum Gasteiger partial charge on any atom is -0.497 e. The van der Waals surface area contributed by atoms with Crippen LogP contribution in [0.5, 0.6) is 5.75 Å². The van der Waals surface area contributed by atoms with Crippen LogP contribution in [0, 0.1) is 29.1 Å². The van der Waals surface area contributed by atoms with E-state index in [-0.39, 0.29) is 49.9 Å². The van der Waals surface area contributed by atoms with Crippen molar-refractivity contribution in [3.63, 3.8) is 0 Å². The van der Waals surface area contributed by atoms with Gasteiger partial charge < -0.3 is 34.8 Å². The van der Waals surface area contributed by atoms with Gasteiger partial charge in [-0.25, -0.2) is 18.2 Å². The third-order valence-electron chi connectivity index (χ3n) is 14.0. The molecule has 5 amide bonds. The van der Waals surface area contributed by atoms with Crippen LogP contribution in [0.15, 0.2) is 41.8 Å². The maximum Gasteiger partial charge on any atom is 0.407 e. The number of sulfonamides is 1. The van der Waals surface area contributed by atoms with E-state index in [1.807, 2.05) is 41.8 Å². The second kappa shape index (κ2) is 18.7. The van der Waals surface area contributed by atoms with Crippen molar-refractivity contribution in [2.45, 2.75) is 108 Å². The zero-order valence-corrected chi connectivity index (χ0v) is 39.0. The van der Waals surface area contributed by atoms with Gasteiger partial charge in [-0.1, -0.05) is 45.8 Å². The van der Waals surface area contributed by atoms with Crippen molar-refractivity contribution in [1.29, 1.82) is 0 Å². The highest BCUT2D eigenvalue weighted by Crippen LogP contribution is 2.47. The standard InChI is InChI=1S/C46H63N7O9S2/c1-29-18-20-51(21-19-29)27-45(2,3)28-62-44(58)48-36-11-9-7-5-6-8-10-32-22-46(32,43(57)50-64(59,60)34-16-17-34)49-39(54)38-35-25-52(23-31(35)24-53(38)41(36)55)42(56)40-47-37(26-63-40)30-12-14-33(61-4)15-13-30/h8,10,12-15,26,29,31-32,34-36,38H,5-7,9,11,16-25,27-28H2,1-4H3,(H,48,58)(H,49,54)(H,50,57)/b10-8-/t31-,32+,35-,36-,38-,46+/m0/s1. The number of benzene rings is 1. The topological polar surface area (TPSA) is 197 Å². The summed E-state index contributed by atoms with van der Waals surface area (Å²) in [4.78, 5) is 81.5. The number of aromatic nitrogens is 1. The molecule has 16 nitrogen and oxygen atoms in total. The summed E-state index contributed by atoms with van der Waals surface area (Å²) in [5.74, 6) is -1.99. The minimum atomic E-state index is -3.92. The molecule has 6 atom stereocenters. The van der Waals surface area contributed by atoms with Gasteiger partial charge in [0.25, 0.3) is 11.8 Å². The normalized spacial score (nSPS) is 28.7. The van der Waals surface area contributed by atoms with Crippen molar-refractivity contribution in [1.82, 2.24) is 35.0 Å². The van der Waals surface area contributed by atoms with Gasteiger partial charge in [-0.3, -0.25) is 23.9 Å². The van der Waals surface area contributed by atoms with Crippen LogP contribution in [0.2, 0.25) is 0 Å². The Morgan fingerprint density at radius 1 is 1.00 bits per heavy atom. The third kappa shape index (κ3) is 10.3. The number of carbonyl (C=O) groups excluding carboxylic acids is 5. The molecule has 2 aliphatic carbocycles. The SMILES string of the molecule is COc1ccc(-c2csc(C(=O)N3C[C@H]4CN5C(=O)[C@@H](NC(=O)OCC(C)(C)CN6CCC(C)CC6)CCCCC/C=C\[C@@H]6C[C@@]6(C(=O)NS(=O)(=O)C6CC6)NC(=O)[C@@H]5[C@H]4C3)n2)cc1. The van der Waals surface area contributed by atoms with E-state index in [0.29, 0.717) is 54.5 Å². The van der Waals surface area contributed by atoms with E-state index in [9.17, 15) is 32.4 Å². The van der Waals surface area contributed by atoms with E-state index in [4.69, 9.17) is 9.47 Å². The summed E-state index contributed by atoms with van der Waals surface area (Å²) in [6.45, 7) is 9.88. The van der Waals surface area contributed by atoms with Crippen LogP contribution in [0.3, 0.4) is 0 Å². The Labute approximate surface area is 380 Å². The molecule has 2 aromatic rings. The lowest BCUT2D eigenvalue weighted by Crippen LogP contribution is -2.60. The maximum absolute atomic E-state index is 14.9. The molecule has 2 saturated carbocycles. The second-order valence-corrected chi connectivity index (χ2v) is 22.6. The molecule has 3 saturated heterocycles. The number of nitrogens with zero attached hydrogens (tertiary/aromatic N) is 4. The van der Waals surface area contributed by atoms with Gasteiger partial charge >= 0.3 is 6.09 Å². The quantitative estimate of drug-likeness (QED) is 0.267. The molecular formula is C46H63N7O9S2. The number of rotatable bonds is 11. The number of allylic oxidation sites excluding steroid dienone is 1. The lowest BCUT2D eigenvalue weighted by molar-refractivity contribution is -0.142. The largest absolute Gasteiger partial charge is 0.497 e. The summed E-state index contributed by atoms with van der Waals surface area (Å²) in [5.41, 5.74) is -0.385. The highest BCUT2D eigenvalue weighted by molar-refractivity contribution is 7.91. The van der Waals surface area contributed by atoms with Crippen LogP contribution < -0.4 is 20.1 Å². The van der Waals surface area contributed by atoms with Gasteiger partial charge in [0, 0.05) is 60.3 Å². The Morgan fingerprint density at radius 2 is 1.75 bits per heavy atom. The molecular weight excluding hydrogens is 859 g/mol. The number of methoxy groups -OCH3 is 1. The van der Waals surface area contributed by atoms with Gasteiger partial charge in [0.1, 0.15) is 23.4 Å². The van der Waals surface area contributed by atoms with Gasteiger partial charge in [-0.05, 0) is 94.6 Å². The van der Waals surface area contributed by atoms with E-state index < -0.39 is 68.5 Å². The van der Waals surface area contributed by atoms with Crippen LogP contribution in [-0.2, 0) is 29.1 Å². The first-order valence-electron chi connectivity index (χ1n) is 23.0. The monoisotopic (exact) mass is 921 g/mol. The van der Waals surface area contributed by atoms with Gasteiger partial charge in [0.15, 0.2) is 5.01 Å². The van der Waals surface area contributed by atoms with Crippen molar-refractivity contribution < 1.29 is 41.9 Å². The zero-order valence-electron chi connectivity index (χ0n) is 37.4. The van der Waals surface area contributed by atoms with Crippen molar-refractivity contribution in [2.75, 3.05) is 53.0 Å². The predicted octanol–water partition coefficient (Wildman–Crippen LogP) is 4.57. The molecule has 4 aliphatic heterocycles. The Morgan fingerprint density at radius 3 is 2.47 bits per heavy atom. The number of hydrogen-bond acceptors (Lipinski definition) is 12. The highest BCUT2D eigenvalue weighted by Gasteiger charge is 2.63. The predicted molar refractivity (Wildman–Crippen MR) is 241 cm³/mol. The molecule has 64 heavy (non-hydrogen) atoms. The van der Waals surface area contributed by atoms with Gasteiger partial charge in [0.05, 0.1) is 24.7 Å². The summed E-state index contributed by atoms with van der Waals surface area (Å²) in [5, 5.41) is 7.30.